The summed E-state index contributed by atoms with van der Waals surface area (Å²) in [6.45, 7) is 4.71. The number of hydrogen-bond donors (Lipinski definition) is 1. The van der Waals surface area contributed by atoms with Gasteiger partial charge in [-0.2, -0.15) is 0 Å². The molecule has 0 aliphatic heterocycles. The average molecular weight is 397 g/mol. The molecular weight excluding hydrogens is 372 g/mol. The number of nitrogens with one attached hydrogen (secondary N) is 1. The first kappa shape index (κ1) is 19.9. The van der Waals surface area contributed by atoms with E-state index in [9.17, 15) is 4.79 Å². The standard InChI is InChI=1S/C21H24N4O2S/c1-4-25-20(17-12-8-9-13-18(17)27-3)23-24-21(25)28-14-19(26)22-15(2)16-10-6-5-7-11-16/h5-13,15H,4,14H2,1-3H3,(H,22,26). The third-order valence-corrected chi connectivity index (χ3v) is 5.36. The van der Waals surface area contributed by atoms with Crippen molar-refractivity contribution in [3.8, 4) is 17.1 Å². The van der Waals surface area contributed by atoms with Gasteiger partial charge in [-0.05, 0) is 31.5 Å². The molecule has 3 rings (SSSR count). The normalized spacial score (nSPS) is 11.8. The molecule has 1 aromatic heterocycles. The van der Waals surface area contributed by atoms with Gasteiger partial charge >= 0.3 is 0 Å². The van der Waals surface area contributed by atoms with Gasteiger partial charge in [0.15, 0.2) is 11.0 Å². The van der Waals surface area contributed by atoms with Gasteiger partial charge < -0.3 is 14.6 Å². The van der Waals surface area contributed by atoms with Gasteiger partial charge in [0, 0.05) is 6.54 Å². The molecule has 2 aromatic carbocycles. The molecule has 1 N–H and O–H groups in total. The molecule has 1 atom stereocenters. The van der Waals surface area contributed by atoms with Crippen LogP contribution in [0.25, 0.3) is 11.4 Å². The van der Waals surface area contributed by atoms with E-state index in [0.29, 0.717) is 11.7 Å². The molecule has 0 spiro atoms. The fourth-order valence-electron chi connectivity index (χ4n) is 2.95. The summed E-state index contributed by atoms with van der Waals surface area (Å²) in [7, 11) is 1.64. The molecule has 6 nitrogen and oxygen atoms in total. The number of carbonyl (C=O) groups is 1. The molecule has 7 heteroatoms. The number of benzene rings is 2. The molecule has 0 fully saturated rings. The van der Waals surface area contributed by atoms with Gasteiger partial charge in [-0.25, -0.2) is 0 Å². The zero-order valence-electron chi connectivity index (χ0n) is 16.3. The van der Waals surface area contributed by atoms with E-state index < -0.39 is 0 Å². The first-order chi connectivity index (χ1) is 13.6. The highest BCUT2D eigenvalue weighted by Gasteiger charge is 2.18. The molecule has 1 heterocycles. The lowest BCUT2D eigenvalue weighted by Gasteiger charge is -2.14. The number of ether oxygens (including phenoxy) is 1. The predicted octanol–water partition coefficient (Wildman–Crippen LogP) is 3.94. The SMILES string of the molecule is CCn1c(SCC(=O)NC(C)c2ccccc2)nnc1-c1ccccc1OC. The Morgan fingerprint density at radius 2 is 1.86 bits per heavy atom. The van der Waals surface area contributed by atoms with Gasteiger partial charge in [-0.15, -0.1) is 10.2 Å². The van der Waals surface area contributed by atoms with E-state index >= 15 is 0 Å². The summed E-state index contributed by atoms with van der Waals surface area (Å²) in [4.78, 5) is 12.4. The molecule has 1 amide bonds. The van der Waals surface area contributed by atoms with Crippen LogP contribution in [-0.4, -0.2) is 33.5 Å². The Morgan fingerprint density at radius 1 is 1.14 bits per heavy atom. The number of aromatic nitrogens is 3. The van der Waals surface area contributed by atoms with E-state index in [2.05, 4.69) is 15.5 Å². The summed E-state index contributed by atoms with van der Waals surface area (Å²) in [6.07, 6.45) is 0. The number of para-hydroxylation sites is 1. The summed E-state index contributed by atoms with van der Waals surface area (Å²) in [6, 6.07) is 17.6. The van der Waals surface area contributed by atoms with Crippen molar-refractivity contribution in [2.75, 3.05) is 12.9 Å². The molecule has 146 valence electrons. The van der Waals surface area contributed by atoms with Gasteiger partial charge in [0.05, 0.1) is 24.5 Å². The molecule has 0 saturated carbocycles. The maximum atomic E-state index is 12.4. The lowest BCUT2D eigenvalue weighted by molar-refractivity contribution is -0.119. The maximum Gasteiger partial charge on any atom is 0.230 e. The largest absolute Gasteiger partial charge is 0.496 e. The fraction of sp³-hybridized carbons (Fsp3) is 0.286. The lowest BCUT2D eigenvalue weighted by atomic mass is 10.1. The van der Waals surface area contributed by atoms with E-state index in [1.165, 1.54) is 11.8 Å². The minimum Gasteiger partial charge on any atom is -0.496 e. The Kier molecular flexibility index (Phi) is 6.71. The number of nitrogens with zero attached hydrogens (tertiary/aromatic N) is 3. The van der Waals surface area contributed by atoms with Crippen LogP contribution in [0.4, 0.5) is 0 Å². The highest BCUT2D eigenvalue weighted by atomic mass is 32.2. The van der Waals surface area contributed by atoms with Crippen LogP contribution in [0.5, 0.6) is 5.75 Å². The Labute approximate surface area is 169 Å². The third kappa shape index (κ3) is 4.54. The number of carbonyl (C=O) groups excluding carboxylic acids is 1. The van der Waals surface area contributed by atoms with E-state index in [4.69, 9.17) is 4.74 Å². The van der Waals surface area contributed by atoms with E-state index in [1.54, 1.807) is 7.11 Å². The van der Waals surface area contributed by atoms with E-state index in [-0.39, 0.29) is 17.7 Å². The van der Waals surface area contributed by atoms with Crippen molar-refractivity contribution in [1.29, 1.82) is 0 Å². The summed E-state index contributed by atoms with van der Waals surface area (Å²) in [5.74, 6) is 1.73. The van der Waals surface area contributed by atoms with Crippen molar-refractivity contribution >= 4 is 17.7 Å². The van der Waals surface area contributed by atoms with Crippen molar-refractivity contribution in [1.82, 2.24) is 20.1 Å². The fourth-order valence-corrected chi connectivity index (χ4v) is 3.76. The Morgan fingerprint density at radius 3 is 2.57 bits per heavy atom. The minimum atomic E-state index is -0.0394. The van der Waals surface area contributed by atoms with Crippen molar-refractivity contribution < 1.29 is 9.53 Å². The average Bonchev–Trinajstić information content (AvgIpc) is 3.15. The van der Waals surface area contributed by atoms with E-state index in [1.807, 2.05) is 73.0 Å². The topological polar surface area (TPSA) is 69.0 Å². The Hall–Kier alpha value is -2.80. The highest BCUT2D eigenvalue weighted by Crippen LogP contribution is 2.30. The first-order valence-corrected chi connectivity index (χ1v) is 10.2. The van der Waals surface area contributed by atoms with Crippen LogP contribution in [-0.2, 0) is 11.3 Å². The molecule has 0 radical (unpaired) electrons. The van der Waals surface area contributed by atoms with Crippen LogP contribution in [0.3, 0.4) is 0 Å². The molecule has 0 bridgehead atoms. The van der Waals surface area contributed by atoms with Gasteiger partial charge in [0.2, 0.25) is 5.91 Å². The van der Waals surface area contributed by atoms with Gasteiger partial charge in [0.1, 0.15) is 5.75 Å². The number of rotatable bonds is 8. The summed E-state index contributed by atoms with van der Waals surface area (Å²) in [5, 5.41) is 12.4. The smallest absolute Gasteiger partial charge is 0.230 e. The quantitative estimate of drug-likeness (QED) is 0.584. The summed E-state index contributed by atoms with van der Waals surface area (Å²) in [5.41, 5.74) is 1.96. The van der Waals surface area contributed by atoms with Crippen LogP contribution < -0.4 is 10.1 Å². The number of amides is 1. The molecule has 0 aliphatic carbocycles. The van der Waals surface area contributed by atoms with Crippen molar-refractivity contribution in [2.45, 2.75) is 31.6 Å². The summed E-state index contributed by atoms with van der Waals surface area (Å²) >= 11 is 1.38. The van der Waals surface area contributed by atoms with Crippen LogP contribution >= 0.6 is 11.8 Å². The van der Waals surface area contributed by atoms with Gasteiger partial charge in [-0.1, -0.05) is 54.2 Å². The summed E-state index contributed by atoms with van der Waals surface area (Å²) < 4.78 is 7.44. The van der Waals surface area contributed by atoms with Crippen molar-refractivity contribution in [2.24, 2.45) is 0 Å². The molecular formula is C21H24N4O2S. The monoisotopic (exact) mass is 396 g/mol. The maximum absolute atomic E-state index is 12.4. The molecule has 3 aromatic rings. The second-order valence-electron chi connectivity index (χ2n) is 6.24. The molecule has 1 unspecified atom stereocenters. The zero-order chi connectivity index (χ0) is 19.9. The number of hydrogen-bond acceptors (Lipinski definition) is 5. The predicted molar refractivity (Wildman–Crippen MR) is 111 cm³/mol. The van der Waals surface area contributed by atoms with Crippen molar-refractivity contribution in [3.05, 3.63) is 60.2 Å². The lowest BCUT2D eigenvalue weighted by Crippen LogP contribution is -2.28. The number of methoxy groups -OCH3 is 1. The van der Waals surface area contributed by atoms with Crippen LogP contribution in [0.1, 0.15) is 25.5 Å². The first-order valence-electron chi connectivity index (χ1n) is 9.17. The number of thioether (sulfide) groups is 1. The van der Waals surface area contributed by atoms with E-state index in [0.717, 1.165) is 22.7 Å². The van der Waals surface area contributed by atoms with Crippen molar-refractivity contribution in [3.63, 3.8) is 0 Å². The van der Waals surface area contributed by atoms with Crippen LogP contribution in [0, 0.1) is 0 Å². The minimum absolute atomic E-state index is 0.0363. The van der Waals surface area contributed by atoms with Crippen LogP contribution in [0.2, 0.25) is 0 Å². The molecule has 0 aliphatic rings. The van der Waals surface area contributed by atoms with Crippen LogP contribution in [0.15, 0.2) is 59.8 Å². The second-order valence-corrected chi connectivity index (χ2v) is 7.18. The highest BCUT2D eigenvalue weighted by molar-refractivity contribution is 7.99. The Bertz CT molecular complexity index is 927. The second kappa shape index (κ2) is 9.41. The third-order valence-electron chi connectivity index (χ3n) is 4.39. The van der Waals surface area contributed by atoms with Gasteiger partial charge in [0.25, 0.3) is 0 Å². The molecule has 0 saturated heterocycles. The Balaban J connectivity index is 1.68. The molecule has 28 heavy (non-hydrogen) atoms. The zero-order valence-corrected chi connectivity index (χ0v) is 17.1. The van der Waals surface area contributed by atoms with Gasteiger partial charge in [-0.3, -0.25) is 4.79 Å².